The summed E-state index contributed by atoms with van der Waals surface area (Å²) in [6.07, 6.45) is 6.88. The van der Waals surface area contributed by atoms with Crippen molar-refractivity contribution >= 4 is 29.5 Å². The maximum absolute atomic E-state index is 14.1. The predicted molar refractivity (Wildman–Crippen MR) is 140 cm³/mol. The molecule has 3 fully saturated rings. The molecular weight excluding hydrogens is 476 g/mol. The number of amides is 3. The van der Waals surface area contributed by atoms with Gasteiger partial charge in [0.05, 0.1) is 24.1 Å². The molecule has 1 unspecified atom stereocenters. The summed E-state index contributed by atoms with van der Waals surface area (Å²) in [4.78, 5) is 42.7. The van der Waals surface area contributed by atoms with E-state index in [0.717, 1.165) is 49.2 Å². The van der Waals surface area contributed by atoms with Crippen molar-refractivity contribution in [3.8, 4) is 5.75 Å². The molecule has 5 atom stereocenters. The first-order valence-corrected chi connectivity index (χ1v) is 14.5. The van der Waals surface area contributed by atoms with E-state index in [2.05, 4.69) is 16.0 Å². The van der Waals surface area contributed by atoms with Gasteiger partial charge in [-0.05, 0) is 51.0 Å². The Bertz CT molecular complexity index is 994. The maximum Gasteiger partial charge on any atom is 0.246 e. The fraction of sp³-hybridized carbons (Fsp3) is 0.667. The average Bonchev–Trinajstić information content (AvgIpc) is 3.44. The first-order valence-electron chi connectivity index (χ1n) is 13.4. The summed E-state index contributed by atoms with van der Waals surface area (Å²) >= 11 is 1.76. The second-order valence-electron chi connectivity index (χ2n) is 10.6. The number of fused-ring (bicyclic) bond motifs is 2. The van der Waals surface area contributed by atoms with E-state index in [1.54, 1.807) is 18.8 Å². The van der Waals surface area contributed by atoms with Crippen LogP contribution in [0.5, 0.6) is 5.75 Å². The minimum Gasteiger partial charge on any atom is -0.493 e. The summed E-state index contributed by atoms with van der Waals surface area (Å²) in [6, 6.07) is 6.27. The van der Waals surface area contributed by atoms with Gasteiger partial charge in [0.1, 0.15) is 17.8 Å². The molecule has 1 aromatic carbocycles. The van der Waals surface area contributed by atoms with Crippen LogP contribution in [-0.4, -0.2) is 65.5 Å². The van der Waals surface area contributed by atoms with Gasteiger partial charge in [-0.2, -0.15) is 0 Å². The predicted octanol–water partition coefficient (Wildman–Crippen LogP) is 2.73. The van der Waals surface area contributed by atoms with E-state index in [-0.39, 0.29) is 40.6 Å². The number of para-hydroxylation sites is 1. The molecule has 5 rings (SSSR count). The van der Waals surface area contributed by atoms with Crippen LogP contribution in [0.4, 0.5) is 0 Å². The molecular formula is C27H38N4O4S. The summed E-state index contributed by atoms with van der Waals surface area (Å²) in [5.74, 6) is 1.26. The molecule has 1 saturated carbocycles. The molecule has 3 amide bonds. The van der Waals surface area contributed by atoms with Gasteiger partial charge in [0.25, 0.3) is 0 Å². The van der Waals surface area contributed by atoms with E-state index in [1.165, 1.54) is 0 Å². The average molecular weight is 515 g/mol. The second-order valence-corrected chi connectivity index (χ2v) is 11.9. The molecule has 1 aromatic rings. The second kappa shape index (κ2) is 10.6. The smallest absolute Gasteiger partial charge is 0.246 e. The van der Waals surface area contributed by atoms with Gasteiger partial charge in [0, 0.05) is 17.4 Å². The Morgan fingerprint density at radius 1 is 1.17 bits per heavy atom. The number of thioether (sulfide) groups is 1. The number of nitrogens with one attached hydrogen (secondary N) is 3. The van der Waals surface area contributed by atoms with E-state index in [0.29, 0.717) is 25.9 Å². The zero-order valence-electron chi connectivity index (χ0n) is 21.3. The van der Waals surface area contributed by atoms with Crippen LogP contribution in [0.2, 0.25) is 0 Å². The van der Waals surface area contributed by atoms with Gasteiger partial charge in [-0.25, -0.2) is 0 Å². The van der Waals surface area contributed by atoms with Crippen LogP contribution < -0.4 is 20.7 Å². The molecule has 0 radical (unpaired) electrons. The molecule has 36 heavy (non-hydrogen) atoms. The Labute approximate surface area is 217 Å². The zero-order valence-corrected chi connectivity index (χ0v) is 22.1. The largest absolute Gasteiger partial charge is 0.493 e. The highest BCUT2D eigenvalue weighted by molar-refractivity contribution is 7.99. The van der Waals surface area contributed by atoms with E-state index in [9.17, 15) is 14.4 Å². The van der Waals surface area contributed by atoms with Crippen LogP contribution >= 0.6 is 11.8 Å². The minimum atomic E-state index is -0.604. The summed E-state index contributed by atoms with van der Waals surface area (Å²) in [6.45, 7) is 2.50. The number of likely N-dealkylation sites (N-methyl/N-ethyl adjacent to an activating group) is 1. The van der Waals surface area contributed by atoms with Crippen molar-refractivity contribution in [3.63, 3.8) is 0 Å². The van der Waals surface area contributed by atoms with E-state index < -0.39 is 12.1 Å². The minimum absolute atomic E-state index is 0.0264. The standard InChI is InChI=1S/C27H38N4O4S/c1-3-18(28-2)24(32)30-20-11-15-36-22-16-27(12-6-7-13-27)23(31(22)26(20)34)25(33)29-19-10-14-35-21-9-5-4-8-17(19)21/h4-5,8-9,18-20,22-23,28H,3,6-7,10-16H2,1-2H3,(H,29,33)(H,30,32)/t18-,19+,20-,22?,23+/m0/s1. The van der Waals surface area contributed by atoms with Crippen LogP contribution in [0.3, 0.4) is 0 Å². The van der Waals surface area contributed by atoms with Gasteiger partial charge in [-0.3, -0.25) is 14.4 Å². The number of hydrogen-bond acceptors (Lipinski definition) is 6. The first-order chi connectivity index (χ1) is 17.5. The van der Waals surface area contributed by atoms with Crippen molar-refractivity contribution in [1.29, 1.82) is 0 Å². The third-order valence-corrected chi connectivity index (χ3v) is 9.78. The molecule has 2 saturated heterocycles. The normalized spacial score (nSPS) is 29.6. The zero-order chi connectivity index (χ0) is 25.3. The summed E-state index contributed by atoms with van der Waals surface area (Å²) in [5.41, 5.74) is 0.803. The molecule has 0 aromatic heterocycles. The van der Waals surface area contributed by atoms with E-state index in [4.69, 9.17) is 4.74 Å². The Morgan fingerprint density at radius 3 is 2.69 bits per heavy atom. The molecule has 8 nitrogen and oxygen atoms in total. The fourth-order valence-corrected chi connectivity index (χ4v) is 8.16. The lowest BCUT2D eigenvalue weighted by Gasteiger charge is -2.37. The molecule has 1 aliphatic carbocycles. The Hall–Kier alpha value is -2.26. The summed E-state index contributed by atoms with van der Waals surface area (Å²) < 4.78 is 5.80. The molecule has 4 aliphatic rings. The maximum atomic E-state index is 14.1. The van der Waals surface area contributed by atoms with Crippen LogP contribution in [-0.2, 0) is 14.4 Å². The van der Waals surface area contributed by atoms with Gasteiger partial charge in [0.2, 0.25) is 17.7 Å². The number of benzene rings is 1. The third-order valence-electron chi connectivity index (χ3n) is 8.53. The molecule has 9 heteroatoms. The highest BCUT2D eigenvalue weighted by atomic mass is 32.2. The van der Waals surface area contributed by atoms with Gasteiger partial charge >= 0.3 is 0 Å². The van der Waals surface area contributed by atoms with Crippen molar-refractivity contribution < 1.29 is 19.1 Å². The van der Waals surface area contributed by atoms with Gasteiger partial charge in [-0.15, -0.1) is 11.8 Å². The van der Waals surface area contributed by atoms with Crippen molar-refractivity contribution in [2.75, 3.05) is 19.4 Å². The van der Waals surface area contributed by atoms with Crippen molar-refractivity contribution in [2.45, 2.75) is 87.8 Å². The summed E-state index contributed by atoms with van der Waals surface area (Å²) in [5, 5.41) is 9.31. The first kappa shape index (κ1) is 25.4. The molecule has 3 aliphatic heterocycles. The van der Waals surface area contributed by atoms with Crippen molar-refractivity contribution in [1.82, 2.24) is 20.9 Å². The Morgan fingerprint density at radius 2 is 1.94 bits per heavy atom. The number of carbonyl (C=O) groups is 3. The topological polar surface area (TPSA) is 99.8 Å². The Balaban J connectivity index is 1.41. The molecule has 3 heterocycles. The van der Waals surface area contributed by atoms with Gasteiger partial charge in [0.15, 0.2) is 0 Å². The molecule has 1 spiro atoms. The number of rotatable bonds is 6. The monoisotopic (exact) mass is 514 g/mol. The fourth-order valence-electron chi connectivity index (χ4n) is 6.68. The van der Waals surface area contributed by atoms with Gasteiger partial charge in [-0.1, -0.05) is 38.0 Å². The number of ether oxygens (including phenoxy) is 1. The lowest BCUT2D eigenvalue weighted by atomic mass is 9.78. The molecule has 3 N–H and O–H groups in total. The van der Waals surface area contributed by atoms with Crippen LogP contribution in [0.25, 0.3) is 0 Å². The highest BCUT2D eigenvalue weighted by Crippen LogP contribution is 2.55. The van der Waals surface area contributed by atoms with E-state index in [1.807, 2.05) is 36.1 Å². The van der Waals surface area contributed by atoms with Crippen molar-refractivity contribution in [2.24, 2.45) is 5.41 Å². The van der Waals surface area contributed by atoms with Crippen LogP contribution in [0, 0.1) is 5.41 Å². The SMILES string of the molecule is CC[C@H](NC)C(=O)N[C@H]1CCSC2CC3(CCCC3)[C@@H](C(=O)N[C@@H]3CCOc4ccccc43)N2C1=O. The molecule has 196 valence electrons. The number of hydrogen-bond donors (Lipinski definition) is 3. The van der Waals surface area contributed by atoms with Crippen molar-refractivity contribution in [3.05, 3.63) is 29.8 Å². The molecule has 0 bridgehead atoms. The highest BCUT2D eigenvalue weighted by Gasteiger charge is 2.59. The quantitative estimate of drug-likeness (QED) is 0.540. The number of carbonyl (C=O) groups excluding carboxylic acids is 3. The third kappa shape index (κ3) is 4.60. The van der Waals surface area contributed by atoms with E-state index >= 15 is 0 Å². The number of nitrogens with zero attached hydrogens (tertiary/aromatic N) is 1. The lowest BCUT2D eigenvalue weighted by Crippen LogP contribution is -2.58. The lowest BCUT2D eigenvalue weighted by molar-refractivity contribution is -0.144. The summed E-state index contributed by atoms with van der Waals surface area (Å²) in [7, 11) is 1.76. The van der Waals surface area contributed by atoms with Crippen LogP contribution in [0.1, 0.15) is 69.9 Å². The Kier molecular flexibility index (Phi) is 7.49. The van der Waals surface area contributed by atoms with Crippen LogP contribution in [0.15, 0.2) is 24.3 Å². The van der Waals surface area contributed by atoms with Gasteiger partial charge < -0.3 is 25.6 Å².